The lowest BCUT2D eigenvalue weighted by atomic mass is 9.99. The minimum absolute atomic E-state index is 0.0596. The maximum atomic E-state index is 12.7. The third kappa shape index (κ3) is 4.67. The molecule has 8 heteroatoms. The summed E-state index contributed by atoms with van der Waals surface area (Å²) in [5.41, 5.74) is 5.96. The Hall–Kier alpha value is -4.20. The number of anilines is 1. The molecule has 0 unspecified atom stereocenters. The first kappa shape index (κ1) is 23.2. The van der Waals surface area contributed by atoms with E-state index in [0.717, 1.165) is 59.5 Å². The molecule has 2 aliphatic heterocycles. The molecule has 2 amide bonds. The molecule has 8 nitrogen and oxygen atoms in total. The van der Waals surface area contributed by atoms with Gasteiger partial charge in [0, 0.05) is 50.0 Å². The van der Waals surface area contributed by atoms with E-state index >= 15 is 0 Å². The first-order valence-corrected chi connectivity index (χ1v) is 12.9. The van der Waals surface area contributed by atoms with Crippen LogP contribution in [0.4, 0.5) is 5.82 Å². The van der Waals surface area contributed by atoms with Gasteiger partial charge < -0.3 is 15.1 Å². The Morgan fingerprint density at radius 1 is 0.973 bits per heavy atom. The normalized spacial score (nSPS) is 15.7. The molecular formula is C29H30N6O2. The van der Waals surface area contributed by atoms with E-state index in [0.29, 0.717) is 19.6 Å². The number of nitrogens with zero attached hydrogens (tertiary/aromatic N) is 5. The van der Waals surface area contributed by atoms with Gasteiger partial charge in [-0.2, -0.15) is 5.10 Å². The van der Waals surface area contributed by atoms with Gasteiger partial charge in [0.2, 0.25) is 5.91 Å². The third-order valence-corrected chi connectivity index (χ3v) is 7.38. The zero-order valence-electron chi connectivity index (χ0n) is 20.9. The lowest BCUT2D eigenvalue weighted by molar-refractivity contribution is -0.125. The summed E-state index contributed by atoms with van der Waals surface area (Å²) in [5.74, 6) is 0.941. The lowest BCUT2D eigenvalue weighted by Crippen LogP contribution is -2.54. The molecule has 0 bridgehead atoms. The Balaban J connectivity index is 1.12. The van der Waals surface area contributed by atoms with Crippen LogP contribution in [-0.2, 0) is 11.3 Å². The van der Waals surface area contributed by atoms with E-state index in [9.17, 15) is 9.59 Å². The second-order valence-corrected chi connectivity index (χ2v) is 10.0. The van der Waals surface area contributed by atoms with Crippen molar-refractivity contribution in [1.82, 2.24) is 24.8 Å². The fraction of sp³-hybridized carbons (Fsp3) is 0.310. The summed E-state index contributed by atoms with van der Waals surface area (Å²) in [4.78, 5) is 33.9. The monoisotopic (exact) mass is 494 g/mol. The molecule has 2 fully saturated rings. The topological polar surface area (TPSA) is 82.8 Å². The van der Waals surface area contributed by atoms with Crippen LogP contribution in [0.3, 0.4) is 0 Å². The van der Waals surface area contributed by atoms with Gasteiger partial charge in [0.15, 0.2) is 5.82 Å². The number of hydrogen-bond acceptors (Lipinski definition) is 5. The first-order valence-electron chi connectivity index (χ1n) is 12.9. The van der Waals surface area contributed by atoms with Gasteiger partial charge >= 0.3 is 0 Å². The third-order valence-electron chi connectivity index (χ3n) is 7.38. The molecular weight excluding hydrogens is 464 g/mol. The van der Waals surface area contributed by atoms with E-state index < -0.39 is 0 Å². The molecule has 4 heterocycles. The quantitative estimate of drug-likeness (QED) is 0.442. The number of aromatic nitrogens is 3. The number of aryl methyl sites for hydroxylation is 1. The van der Waals surface area contributed by atoms with Crippen LogP contribution >= 0.6 is 0 Å². The summed E-state index contributed by atoms with van der Waals surface area (Å²) in [6, 6.07) is 18.1. The highest BCUT2D eigenvalue weighted by atomic mass is 16.2. The summed E-state index contributed by atoms with van der Waals surface area (Å²) in [6.07, 6.45) is 5.69. The van der Waals surface area contributed by atoms with Gasteiger partial charge in [-0.1, -0.05) is 42.0 Å². The van der Waals surface area contributed by atoms with Crippen LogP contribution in [0.2, 0.25) is 0 Å². The van der Waals surface area contributed by atoms with Gasteiger partial charge in [0.25, 0.3) is 5.91 Å². The first-order chi connectivity index (χ1) is 18.0. The highest BCUT2D eigenvalue weighted by Gasteiger charge is 2.34. The molecule has 0 aliphatic carbocycles. The SMILES string of the molecule is Cc1ccc(CNC(=O)C2CN(c3ncnn4cc(-c5ccc(C(=O)N6CCCC6)cc5)cc34)C2)cc1. The molecule has 2 aromatic carbocycles. The lowest BCUT2D eigenvalue weighted by Gasteiger charge is -2.39. The van der Waals surface area contributed by atoms with Crippen molar-refractivity contribution >= 4 is 23.1 Å². The van der Waals surface area contributed by atoms with E-state index in [1.807, 2.05) is 52.0 Å². The van der Waals surface area contributed by atoms with Crippen molar-refractivity contribution in [3.05, 3.63) is 83.8 Å². The van der Waals surface area contributed by atoms with E-state index in [4.69, 9.17) is 0 Å². The van der Waals surface area contributed by atoms with Crippen molar-refractivity contribution in [1.29, 1.82) is 0 Å². The van der Waals surface area contributed by atoms with Crippen LogP contribution in [0.5, 0.6) is 0 Å². The average molecular weight is 495 g/mol. The fourth-order valence-corrected chi connectivity index (χ4v) is 5.08. The van der Waals surface area contributed by atoms with Gasteiger partial charge in [-0.15, -0.1) is 0 Å². The minimum Gasteiger partial charge on any atom is -0.353 e. The van der Waals surface area contributed by atoms with Crippen LogP contribution < -0.4 is 10.2 Å². The van der Waals surface area contributed by atoms with Gasteiger partial charge in [-0.25, -0.2) is 9.50 Å². The molecule has 0 spiro atoms. The maximum Gasteiger partial charge on any atom is 0.253 e. The maximum absolute atomic E-state index is 12.7. The zero-order valence-corrected chi connectivity index (χ0v) is 20.9. The largest absolute Gasteiger partial charge is 0.353 e. The van der Waals surface area contributed by atoms with Crippen LogP contribution in [0.1, 0.15) is 34.3 Å². The van der Waals surface area contributed by atoms with E-state index in [1.54, 1.807) is 6.33 Å². The molecule has 0 atom stereocenters. The molecule has 37 heavy (non-hydrogen) atoms. The van der Waals surface area contributed by atoms with Gasteiger partial charge in [-0.3, -0.25) is 9.59 Å². The number of benzene rings is 2. The number of nitrogens with one attached hydrogen (secondary N) is 1. The van der Waals surface area contributed by atoms with Crippen LogP contribution in [0, 0.1) is 12.8 Å². The predicted octanol–water partition coefficient (Wildman–Crippen LogP) is 3.69. The molecule has 0 radical (unpaired) electrons. The predicted molar refractivity (Wildman–Crippen MR) is 142 cm³/mol. The number of amides is 2. The van der Waals surface area contributed by atoms with Gasteiger partial charge in [0.05, 0.1) is 5.92 Å². The summed E-state index contributed by atoms with van der Waals surface area (Å²) in [7, 11) is 0. The number of hydrogen-bond donors (Lipinski definition) is 1. The molecule has 1 N–H and O–H groups in total. The summed E-state index contributed by atoms with van der Waals surface area (Å²) in [5, 5.41) is 7.44. The molecule has 2 aromatic heterocycles. The van der Waals surface area contributed by atoms with E-state index in [1.165, 1.54) is 5.56 Å². The highest BCUT2D eigenvalue weighted by Crippen LogP contribution is 2.30. The average Bonchev–Trinajstić information content (AvgIpc) is 3.58. The summed E-state index contributed by atoms with van der Waals surface area (Å²) >= 11 is 0. The molecule has 2 aliphatic rings. The molecule has 188 valence electrons. The number of rotatable bonds is 6. The Morgan fingerprint density at radius 2 is 1.70 bits per heavy atom. The second-order valence-electron chi connectivity index (χ2n) is 10.0. The minimum atomic E-state index is -0.0596. The number of carbonyl (C=O) groups is 2. The summed E-state index contributed by atoms with van der Waals surface area (Å²) < 4.78 is 1.83. The highest BCUT2D eigenvalue weighted by molar-refractivity contribution is 5.95. The van der Waals surface area contributed by atoms with Crippen molar-refractivity contribution in [2.24, 2.45) is 5.92 Å². The second kappa shape index (κ2) is 9.69. The Kier molecular flexibility index (Phi) is 6.08. The Bertz CT molecular complexity index is 1430. The number of fused-ring (bicyclic) bond motifs is 1. The van der Waals surface area contributed by atoms with Gasteiger partial charge in [-0.05, 0) is 49.1 Å². The molecule has 0 saturated carbocycles. The Morgan fingerprint density at radius 3 is 2.43 bits per heavy atom. The number of likely N-dealkylation sites (tertiary alicyclic amines) is 1. The van der Waals surface area contributed by atoms with Crippen LogP contribution in [-0.4, -0.2) is 57.5 Å². The Labute approximate surface area is 215 Å². The standard InChI is InChI=1S/C29H30N6O2/c1-20-4-6-21(7-5-20)15-30-28(36)25-16-34(17-25)27-26-14-24(18-35(26)32-19-31-27)22-8-10-23(11-9-22)29(37)33-12-2-3-13-33/h4-11,14,18-19,25H,2-3,12-13,15-17H2,1H3,(H,30,36). The van der Waals surface area contributed by atoms with Crippen molar-refractivity contribution < 1.29 is 9.59 Å². The molecule has 2 saturated heterocycles. The zero-order chi connectivity index (χ0) is 25.4. The smallest absolute Gasteiger partial charge is 0.253 e. The molecule has 4 aromatic rings. The van der Waals surface area contributed by atoms with Gasteiger partial charge in [0.1, 0.15) is 11.8 Å². The van der Waals surface area contributed by atoms with Crippen LogP contribution in [0.15, 0.2) is 67.1 Å². The van der Waals surface area contributed by atoms with Crippen molar-refractivity contribution in [3.63, 3.8) is 0 Å². The number of carbonyl (C=O) groups excluding carboxylic acids is 2. The van der Waals surface area contributed by atoms with Crippen molar-refractivity contribution in [2.45, 2.75) is 26.3 Å². The molecule has 6 rings (SSSR count). The van der Waals surface area contributed by atoms with Crippen molar-refractivity contribution in [2.75, 3.05) is 31.1 Å². The van der Waals surface area contributed by atoms with Crippen LogP contribution in [0.25, 0.3) is 16.6 Å². The van der Waals surface area contributed by atoms with E-state index in [-0.39, 0.29) is 17.7 Å². The summed E-state index contributed by atoms with van der Waals surface area (Å²) in [6.45, 7) is 5.53. The van der Waals surface area contributed by atoms with Crippen molar-refractivity contribution in [3.8, 4) is 11.1 Å². The fourth-order valence-electron chi connectivity index (χ4n) is 5.08. The van der Waals surface area contributed by atoms with E-state index in [2.05, 4.69) is 45.4 Å².